The summed E-state index contributed by atoms with van der Waals surface area (Å²) in [5, 5.41) is 8.58. The highest BCUT2D eigenvalue weighted by Gasteiger charge is 2.43. The summed E-state index contributed by atoms with van der Waals surface area (Å²) in [5.41, 5.74) is 0. The number of rotatable bonds is 5. The molecule has 0 N–H and O–H groups in total. The van der Waals surface area contributed by atoms with E-state index < -0.39 is 0 Å². The highest BCUT2D eigenvalue weighted by Crippen LogP contribution is 2.40. The fourth-order valence-corrected chi connectivity index (χ4v) is 4.92. The molecule has 3 heterocycles. The molecule has 4 rings (SSSR count). The largest absolute Gasteiger partial charge is 0.337 e. The lowest BCUT2D eigenvalue weighted by atomic mass is 9.97. The number of thioether (sulfide) groups is 1. The van der Waals surface area contributed by atoms with Crippen LogP contribution in [-0.4, -0.2) is 43.6 Å². The zero-order valence-corrected chi connectivity index (χ0v) is 14.4. The normalized spacial score (nSPS) is 25.8. The van der Waals surface area contributed by atoms with Gasteiger partial charge in [0.2, 0.25) is 5.91 Å². The average Bonchev–Trinajstić information content (AvgIpc) is 3.22. The Morgan fingerprint density at radius 1 is 1.04 bits per heavy atom. The van der Waals surface area contributed by atoms with E-state index in [1.807, 2.05) is 23.0 Å². The predicted octanol–water partition coefficient (Wildman–Crippen LogP) is 3.16. The first kappa shape index (κ1) is 15.7. The van der Waals surface area contributed by atoms with Gasteiger partial charge in [-0.05, 0) is 37.8 Å². The van der Waals surface area contributed by atoms with Gasteiger partial charge >= 0.3 is 0 Å². The summed E-state index contributed by atoms with van der Waals surface area (Å²) in [6, 6.07) is 11.4. The molecule has 126 valence electrons. The number of hydrogen-bond acceptors (Lipinski definition) is 4. The lowest BCUT2D eigenvalue weighted by Crippen LogP contribution is -2.47. The second kappa shape index (κ2) is 6.97. The van der Waals surface area contributed by atoms with Crippen molar-refractivity contribution >= 4 is 17.7 Å². The van der Waals surface area contributed by atoms with Crippen LogP contribution in [0.5, 0.6) is 0 Å². The van der Waals surface area contributed by atoms with Crippen LogP contribution in [0.3, 0.4) is 0 Å². The Bertz CT molecular complexity index is 662. The zero-order valence-electron chi connectivity index (χ0n) is 13.6. The smallest absolute Gasteiger partial charge is 0.223 e. The summed E-state index contributed by atoms with van der Waals surface area (Å²) in [4.78, 5) is 18.0. The predicted molar refractivity (Wildman–Crippen MR) is 93.7 cm³/mol. The Kier molecular flexibility index (Phi) is 4.56. The van der Waals surface area contributed by atoms with Crippen LogP contribution in [0.15, 0.2) is 47.6 Å². The van der Waals surface area contributed by atoms with E-state index in [1.54, 1.807) is 24.2 Å². The Morgan fingerprint density at radius 2 is 1.71 bits per heavy atom. The van der Waals surface area contributed by atoms with Gasteiger partial charge in [-0.3, -0.25) is 4.79 Å². The number of amides is 1. The third kappa shape index (κ3) is 3.20. The molecule has 0 saturated carbocycles. The van der Waals surface area contributed by atoms with Crippen molar-refractivity contribution in [3.63, 3.8) is 0 Å². The maximum absolute atomic E-state index is 12.7. The maximum atomic E-state index is 12.7. The first-order valence-corrected chi connectivity index (χ1v) is 9.64. The van der Waals surface area contributed by atoms with Crippen molar-refractivity contribution < 1.29 is 4.79 Å². The lowest BCUT2D eigenvalue weighted by molar-refractivity contribution is -0.135. The molecule has 0 aliphatic carbocycles. The van der Waals surface area contributed by atoms with Crippen molar-refractivity contribution in [2.75, 3.05) is 5.75 Å². The Labute approximate surface area is 146 Å². The molecule has 24 heavy (non-hydrogen) atoms. The number of hydrogen-bond donors (Lipinski definition) is 0. The summed E-state index contributed by atoms with van der Waals surface area (Å²) in [6.07, 6.45) is 8.32. The molecular weight excluding hydrogens is 320 g/mol. The Hall–Kier alpha value is -1.82. The van der Waals surface area contributed by atoms with Gasteiger partial charge in [-0.2, -0.15) is 15.0 Å². The summed E-state index contributed by atoms with van der Waals surface area (Å²) in [7, 11) is 0. The molecule has 2 aliphatic heterocycles. The minimum Gasteiger partial charge on any atom is -0.337 e. The first-order valence-electron chi connectivity index (χ1n) is 8.66. The Morgan fingerprint density at radius 3 is 2.38 bits per heavy atom. The van der Waals surface area contributed by atoms with Gasteiger partial charge in [-0.15, -0.1) is 11.8 Å². The van der Waals surface area contributed by atoms with Gasteiger partial charge in [-0.1, -0.05) is 18.2 Å². The summed E-state index contributed by atoms with van der Waals surface area (Å²) in [6.45, 7) is 0. The van der Waals surface area contributed by atoms with Gasteiger partial charge in [0.15, 0.2) is 0 Å². The van der Waals surface area contributed by atoms with Crippen LogP contribution in [0.25, 0.3) is 0 Å². The molecule has 2 saturated heterocycles. The van der Waals surface area contributed by atoms with E-state index in [0.29, 0.717) is 30.5 Å². The summed E-state index contributed by atoms with van der Waals surface area (Å²) >= 11 is 1.76. The van der Waals surface area contributed by atoms with Crippen molar-refractivity contribution in [3.05, 3.63) is 42.7 Å². The fourth-order valence-electron chi connectivity index (χ4n) is 4.06. The number of aromatic nitrogens is 3. The fraction of sp³-hybridized carbons (Fsp3) is 0.500. The van der Waals surface area contributed by atoms with E-state index in [9.17, 15) is 4.79 Å². The molecule has 5 nitrogen and oxygen atoms in total. The third-order valence-electron chi connectivity index (χ3n) is 5.09. The van der Waals surface area contributed by atoms with E-state index in [0.717, 1.165) is 31.4 Å². The highest BCUT2D eigenvalue weighted by molar-refractivity contribution is 7.99. The standard InChI is InChI=1S/C18H22N4OS/c23-18(8-11-24-17-4-2-1-3-5-17)21-14-6-7-15(21)13-16(12-14)22-19-9-10-20-22/h1-5,9-10,14-16H,6-8,11-13H2. The van der Waals surface area contributed by atoms with E-state index in [4.69, 9.17) is 0 Å². The van der Waals surface area contributed by atoms with Crippen LogP contribution in [0.4, 0.5) is 0 Å². The number of piperidine rings is 1. The molecule has 0 spiro atoms. The molecule has 1 aromatic carbocycles. The third-order valence-corrected chi connectivity index (χ3v) is 6.10. The second-order valence-corrected chi connectivity index (χ2v) is 7.74. The van der Waals surface area contributed by atoms with Gasteiger partial charge in [0, 0.05) is 29.2 Å². The molecule has 2 atom stereocenters. The van der Waals surface area contributed by atoms with Crippen molar-refractivity contribution in [2.24, 2.45) is 0 Å². The van der Waals surface area contributed by atoms with Gasteiger partial charge in [0.1, 0.15) is 0 Å². The van der Waals surface area contributed by atoms with Crippen LogP contribution in [0.2, 0.25) is 0 Å². The van der Waals surface area contributed by atoms with Crippen LogP contribution in [0, 0.1) is 0 Å². The highest BCUT2D eigenvalue weighted by atomic mass is 32.2. The van der Waals surface area contributed by atoms with Crippen molar-refractivity contribution in [3.8, 4) is 0 Å². The molecule has 2 aliphatic rings. The maximum Gasteiger partial charge on any atom is 0.223 e. The molecule has 2 fully saturated rings. The average molecular weight is 342 g/mol. The van der Waals surface area contributed by atoms with Crippen molar-refractivity contribution in [2.45, 2.75) is 55.1 Å². The zero-order chi connectivity index (χ0) is 16.4. The molecule has 2 unspecified atom stereocenters. The van der Waals surface area contributed by atoms with E-state index >= 15 is 0 Å². The Balaban J connectivity index is 1.33. The van der Waals surface area contributed by atoms with Gasteiger partial charge in [0.25, 0.3) is 0 Å². The molecule has 6 heteroatoms. The summed E-state index contributed by atoms with van der Waals surface area (Å²) < 4.78 is 0. The van der Waals surface area contributed by atoms with Crippen molar-refractivity contribution in [1.82, 2.24) is 19.9 Å². The van der Waals surface area contributed by atoms with E-state index in [-0.39, 0.29) is 0 Å². The van der Waals surface area contributed by atoms with Crippen LogP contribution < -0.4 is 0 Å². The second-order valence-electron chi connectivity index (χ2n) is 6.57. The van der Waals surface area contributed by atoms with E-state index in [1.165, 1.54) is 4.90 Å². The van der Waals surface area contributed by atoms with E-state index in [2.05, 4.69) is 27.2 Å². The minimum atomic E-state index is 0.317. The summed E-state index contributed by atoms with van der Waals surface area (Å²) in [5.74, 6) is 1.17. The lowest BCUT2D eigenvalue weighted by Gasteiger charge is -2.38. The van der Waals surface area contributed by atoms with Crippen LogP contribution in [-0.2, 0) is 4.79 Å². The van der Waals surface area contributed by atoms with Gasteiger partial charge < -0.3 is 4.90 Å². The molecule has 1 amide bonds. The monoisotopic (exact) mass is 342 g/mol. The van der Waals surface area contributed by atoms with Crippen molar-refractivity contribution in [1.29, 1.82) is 0 Å². The van der Waals surface area contributed by atoms with Gasteiger partial charge in [-0.25, -0.2) is 0 Å². The minimum absolute atomic E-state index is 0.317. The molecule has 2 bridgehead atoms. The van der Waals surface area contributed by atoms with Crippen LogP contribution in [0.1, 0.15) is 38.1 Å². The number of fused-ring (bicyclic) bond motifs is 2. The number of nitrogens with zero attached hydrogens (tertiary/aromatic N) is 4. The number of benzene rings is 1. The topological polar surface area (TPSA) is 51.0 Å². The molecule has 0 radical (unpaired) electrons. The number of carbonyl (C=O) groups is 1. The number of carbonyl (C=O) groups excluding carboxylic acids is 1. The first-order chi connectivity index (χ1) is 11.8. The van der Waals surface area contributed by atoms with Crippen LogP contribution >= 0.6 is 11.8 Å². The quantitative estimate of drug-likeness (QED) is 0.783. The van der Waals surface area contributed by atoms with Gasteiger partial charge in [0.05, 0.1) is 18.4 Å². The molecule has 1 aromatic heterocycles. The molecular formula is C18H22N4OS. The SMILES string of the molecule is O=C(CCSc1ccccc1)N1C2CCC1CC(n1nccn1)C2. The molecule has 2 aromatic rings.